The van der Waals surface area contributed by atoms with E-state index in [4.69, 9.17) is 23.2 Å². The molecule has 0 unspecified atom stereocenters. The Morgan fingerprint density at radius 3 is 2.68 bits per heavy atom. The highest BCUT2D eigenvalue weighted by Gasteiger charge is 2.17. The van der Waals surface area contributed by atoms with E-state index in [1.807, 2.05) is 34.9 Å². The van der Waals surface area contributed by atoms with Crippen LogP contribution in [0.15, 0.2) is 42.5 Å². The molecule has 1 heterocycles. The van der Waals surface area contributed by atoms with Gasteiger partial charge in [-0.1, -0.05) is 49.2 Å². The second kappa shape index (κ2) is 7.46. The standard InChI is InChI=1S/C19H19Cl2N3O/c1-12(2)10-22-18(25)11-24-17-6-4-3-5-16(17)23-19(24)14-8-7-13(20)9-15(14)21/h3-9,12H,10-11H2,1-2H3,(H,22,25). The zero-order valence-corrected chi connectivity index (χ0v) is 15.6. The van der Waals surface area contributed by atoms with Gasteiger partial charge in [-0.05, 0) is 36.2 Å². The van der Waals surface area contributed by atoms with E-state index in [0.717, 1.165) is 16.6 Å². The number of imidazole rings is 1. The van der Waals surface area contributed by atoms with Crippen molar-refractivity contribution >= 4 is 40.1 Å². The molecule has 0 spiro atoms. The van der Waals surface area contributed by atoms with E-state index >= 15 is 0 Å². The lowest BCUT2D eigenvalue weighted by Crippen LogP contribution is -2.30. The summed E-state index contributed by atoms with van der Waals surface area (Å²) in [7, 11) is 0. The quantitative estimate of drug-likeness (QED) is 0.697. The van der Waals surface area contributed by atoms with E-state index in [9.17, 15) is 4.79 Å². The van der Waals surface area contributed by atoms with Gasteiger partial charge in [0.05, 0.1) is 16.1 Å². The smallest absolute Gasteiger partial charge is 0.240 e. The fourth-order valence-electron chi connectivity index (χ4n) is 2.63. The molecule has 3 rings (SSSR count). The molecule has 1 N–H and O–H groups in total. The third kappa shape index (κ3) is 3.97. The van der Waals surface area contributed by atoms with Crippen LogP contribution in [-0.2, 0) is 11.3 Å². The number of aromatic nitrogens is 2. The first-order chi connectivity index (χ1) is 12.0. The molecule has 0 bridgehead atoms. The van der Waals surface area contributed by atoms with Gasteiger partial charge in [-0.15, -0.1) is 0 Å². The highest BCUT2D eigenvalue weighted by Crippen LogP contribution is 2.32. The molecule has 25 heavy (non-hydrogen) atoms. The van der Waals surface area contributed by atoms with Crippen molar-refractivity contribution in [3.8, 4) is 11.4 Å². The zero-order chi connectivity index (χ0) is 18.0. The minimum absolute atomic E-state index is 0.0526. The SMILES string of the molecule is CC(C)CNC(=O)Cn1c(-c2ccc(Cl)cc2Cl)nc2ccccc21. The first kappa shape index (κ1) is 17.8. The lowest BCUT2D eigenvalue weighted by Gasteiger charge is -2.12. The summed E-state index contributed by atoms with van der Waals surface area (Å²) in [6.45, 7) is 4.95. The molecular formula is C19H19Cl2N3O. The Balaban J connectivity index is 2.04. The summed E-state index contributed by atoms with van der Waals surface area (Å²) < 4.78 is 1.89. The van der Waals surface area contributed by atoms with Gasteiger partial charge in [0, 0.05) is 17.1 Å². The summed E-state index contributed by atoms with van der Waals surface area (Å²) >= 11 is 12.4. The van der Waals surface area contributed by atoms with Crippen LogP contribution in [-0.4, -0.2) is 22.0 Å². The van der Waals surface area contributed by atoms with Crippen molar-refractivity contribution in [1.82, 2.24) is 14.9 Å². The van der Waals surface area contributed by atoms with Gasteiger partial charge in [0.2, 0.25) is 5.91 Å². The molecule has 130 valence electrons. The maximum atomic E-state index is 12.4. The van der Waals surface area contributed by atoms with Gasteiger partial charge in [0.25, 0.3) is 0 Å². The van der Waals surface area contributed by atoms with Crippen LogP contribution in [0, 0.1) is 5.92 Å². The van der Waals surface area contributed by atoms with Crippen molar-refractivity contribution < 1.29 is 4.79 Å². The molecule has 0 aliphatic heterocycles. The van der Waals surface area contributed by atoms with Gasteiger partial charge in [0.1, 0.15) is 12.4 Å². The van der Waals surface area contributed by atoms with Crippen LogP contribution in [0.4, 0.5) is 0 Å². The van der Waals surface area contributed by atoms with E-state index in [1.165, 1.54) is 0 Å². The summed E-state index contributed by atoms with van der Waals surface area (Å²) in [6, 6.07) is 13.0. The molecule has 1 amide bonds. The molecule has 0 fully saturated rings. The number of carbonyl (C=O) groups is 1. The maximum absolute atomic E-state index is 12.4. The number of para-hydroxylation sites is 2. The second-order valence-corrected chi connectivity index (χ2v) is 7.18. The minimum Gasteiger partial charge on any atom is -0.354 e. The Bertz CT molecular complexity index is 918. The van der Waals surface area contributed by atoms with Crippen LogP contribution in [0.3, 0.4) is 0 Å². The van der Waals surface area contributed by atoms with Crippen LogP contribution in [0.1, 0.15) is 13.8 Å². The van der Waals surface area contributed by atoms with Gasteiger partial charge in [-0.2, -0.15) is 0 Å². The molecule has 0 atom stereocenters. The molecule has 0 aliphatic rings. The van der Waals surface area contributed by atoms with E-state index in [1.54, 1.807) is 12.1 Å². The third-order valence-electron chi connectivity index (χ3n) is 3.84. The van der Waals surface area contributed by atoms with Crippen LogP contribution in [0.25, 0.3) is 22.4 Å². The summed E-state index contributed by atoms with van der Waals surface area (Å²) in [4.78, 5) is 17.0. The van der Waals surface area contributed by atoms with E-state index < -0.39 is 0 Å². The van der Waals surface area contributed by atoms with E-state index in [-0.39, 0.29) is 12.5 Å². The summed E-state index contributed by atoms with van der Waals surface area (Å²) in [6.07, 6.45) is 0. The largest absolute Gasteiger partial charge is 0.354 e. The molecule has 3 aromatic rings. The molecule has 4 nitrogen and oxygen atoms in total. The number of rotatable bonds is 5. The van der Waals surface area contributed by atoms with Crippen LogP contribution in [0.5, 0.6) is 0 Å². The Morgan fingerprint density at radius 1 is 1.20 bits per heavy atom. The highest BCUT2D eigenvalue weighted by molar-refractivity contribution is 6.36. The Labute approximate surface area is 156 Å². The maximum Gasteiger partial charge on any atom is 0.240 e. The van der Waals surface area contributed by atoms with Gasteiger partial charge in [-0.25, -0.2) is 4.98 Å². The van der Waals surface area contributed by atoms with Crippen molar-refractivity contribution in [3.63, 3.8) is 0 Å². The van der Waals surface area contributed by atoms with Gasteiger partial charge in [-0.3, -0.25) is 4.79 Å². The molecule has 1 aromatic heterocycles. The summed E-state index contributed by atoms with van der Waals surface area (Å²) in [5, 5.41) is 4.01. The fourth-order valence-corrected chi connectivity index (χ4v) is 3.12. The highest BCUT2D eigenvalue weighted by atomic mass is 35.5. The number of fused-ring (bicyclic) bond motifs is 1. The van der Waals surface area contributed by atoms with E-state index in [2.05, 4.69) is 24.1 Å². The second-order valence-electron chi connectivity index (χ2n) is 6.33. The van der Waals surface area contributed by atoms with Crippen molar-refractivity contribution in [2.45, 2.75) is 20.4 Å². The summed E-state index contributed by atoms with van der Waals surface area (Å²) in [5.74, 6) is 0.999. The first-order valence-corrected chi connectivity index (χ1v) is 8.88. The van der Waals surface area contributed by atoms with Crippen molar-refractivity contribution in [1.29, 1.82) is 0 Å². The average molecular weight is 376 g/mol. The Hall–Kier alpha value is -2.04. The van der Waals surface area contributed by atoms with Gasteiger partial charge >= 0.3 is 0 Å². The monoisotopic (exact) mass is 375 g/mol. The number of nitrogens with zero attached hydrogens (tertiary/aromatic N) is 2. The van der Waals surface area contributed by atoms with Crippen molar-refractivity contribution in [3.05, 3.63) is 52.5 Å². The molecule has 6 heteroatoms. The fraction of sp³-hybridized carbons (Fsp3) is 0.263. The molecule has 0 aliphatic carbocycles. The molecule has 0 radical (unpaired) electrons. The van der Waals surface area contributed by atoms with Crippen LogP contribution >= 0.6 is 23.2 Å². The topological polar surface area (TPSA) is 46.9 Å². The first-order valence-electron chi connectivity index (χ1n) is 8.13. The Kier molecular flexibility index (Phi) is 5.30. The number of carbonyl (C=O) groups excluding carboxylic acids is 1. The van der Waals surface area contributed by atoms with Crippen LogP contribution in [0.2, 0.25) is 10.0 Å². The summed E-state index contributed by atoms with van der Waals surface area (Å²) in [5.41, 5.74) is 2.46. The van der Waals surface area contributed by atoms with Crippen molar-refractivity contribution in [2.75, 3.05) is 6.54 Å². The third-order valence-corrected chi connectivity index (χ3v) is 4.38. The predicted molar refractivity (Wildman–Crippen MR) is 103 cm³/mol. The average Bonchev–Trinajstić information content (AvgIpc) is 2.91. The number of halogens is 2. The molecule has 0 saturated heterocycles. The van der Waals surface area contributed by atoms with E-state index in [0.29, 0.717) is 28.3 Å². The lowest BCUT2D eigenvalue weighted by atomic mass is 10.2. The number of benzene rings is 2. The van der Waals surface area contributed by atoms with Crippen molar-refractivity contribution in [2.24, 2.45) is 5.92 Å². The van der Waals surface area contributed by atoms with Gasteiger partial charge in [0.15, 0.2) is 0 Å². The number of nitrogens with one attached hydrogen (secondary N) is 1. The van der Waals surface area contributed by atoms with Gasteiger partial charge < -0.3 is 9.88 Å². The molecular weight excluding hydrogens is 357 g/mol. The minimum atomic E-state index is -0.0526. The molecule has 2 aromatic carbocycles. The number of hydrogen-bond donors (Lipinski definition) is 1. The Morgan fingerprint density at radius 2 is 1.96 bits per heavy atom. The number of amides is 1. The van der Waals surface area contributed by atoms with Crippen LogP contribution < -0.4 is 5.32 Å². The number of hydrogen-bond acceptors (Lipinski definition) is 2. The predicted octanol–water partition coefficient (Wildman–Crippen LogP) is 4.78. The lowest BCUT2D eigenvalue weighted by molar-refractivity contribution is -0.121. The zero-order valence-electron chi connectivity index (χ0n) is 14.1. The molecule has 0 saturated carbocycles. The normalized spacial score (nSPS) is 11.2.